The second-order valence-corrected chi connectivity index (χ2v) is 12.1. The number of hydrogen-bond donors (Lipinski definition) is 4. The summed E-state index contributed by atoms with van der Waals surface area (Å²) in [6, 6.07) is 16.4. The third-order valence-corrected chi connectivity index (χ3v) is 8.90. The molecule has 0 aliphatic heterocycles. The van der Waals surface area contributed by atoms with Crippen LogP contribution in [0.5, 0.6) is 11.5 Å². The van der Waals surface area contributed by atoms with Gasteiger partial charge < -0.3 is 35.0 Å². The SMILES string of the molecule is COc1ccc2[nH]c3c(C(=O)NCCN(C)CCNC(=O)c4ccc(Cl)c5c(=O)c6cc(OC)ccc6[nH]c45)ccc(Cl)c3c(=O)c2c1. The van der Waals surface area contributed by atoms with E-state index in [0.717, 1.165) is 0 Å². The van der Waals surface area contributed by atoms with Crippen LogP contribution >= 0.6 is 23.2 Å². The second-order valence-electron chi connectivity index (χ2n) is 11.2. The van der Waals surface area contributed by atoms with Crippen molar-refractivity contribution in [2.75, 3.05) is 47.4 Å². The Hall–Kier alpha value is -5.10. The molecule has 2 aromatic heterocycles. The van der Waals surface area contributed by atoms with Gasteiger partial charge in [-0.3, -0.25) is 19.2 Å². The topological polar surface area (TPSA) is 146 Å². The summed E-state index contributed by atoms with van der Waals surface area (Å²) in [6.07, 6.45) is 0. The zero-order valence-electron chi connectivity index (χ0n) is 26.3. The Bertz CT molecular complexity index is 2210. The number of methoxy groups -OCH3 is 2. The number of carbonyl (C=O) groups is 2. The molecule has 11 nitrogen and oxygen atoms in total. The van der Waals surface area contributed by atoms with E-state index in [9.17, 15) is 19.2 Å². The summed E-state index contributed by atoms with van der Waals surface area (Å²) in [6.45, 7) is 1.59. The summed E-state index contributed by atoms with van der Waals surface area (Å²) < 4.78 is 10.5. The number of rotatable bonds is 10. The van der Waals surface area contributed by atoms with Gasteiger partial charge in [0.25, 0.3) is 11.8 Å². The number of H-pyrrole nitrogens is 2. The number of ether oxygens (including phenoxy) is 2. The molecule has 0 spiro atoms. The number of aromatic nitrogens is 2. The van der Waals surface area contributed by atoms with E-state index in [1.807, 2.05) is 11.9 Å². The summed E-state index contributed by atoms with van der Waals surface area (Å²) >= 11 is 12.8. The highest BCUT2D eigenvalue weighted by atomic mass is 35.5. The van der Waals surface area contributed by atoms with Crippen LogP contribution in [0.25, 0.3) is 43.6 Å². The van der Waals surface area contributed by atoms with Crippen LogP contribution < -0.4 is 31.0 Å². The van der Waals surface area contributed by atoms with Crippen molar-refractivity contribution in [3.8, 4) is 11.5 Å². The lowest BCUT2D eigenvalue weighted by Crippen LogP contribution is -2.37. The molecule has 0 aliphatic rings. The van der Waals surface area contributed by atoms with E-state index in [1.54, 1.807) is 48.5 Å². The number of aromatic amines is 2. The van der Waals surface area contributed by atoms with Crippen LogP contribution in [0.3, 0.4) is 0 Å². The van der Waals surface area contributed by atoms with Crippen molar-refractivity contribution < 1.29 is 19.1 Å². The second kappa shape index (κ2) is 13.6. The molecule has 4 aromatic carbocycles. The number of halogens is 2. The van der Waals surface area contributed by atoms with Crippen molar-refractivity contribution in [1.29, 1.82) is 0 Å². The van der Waals surface area contributed by atoms with Gasteiger partial charge in [0.05, 0.1) is 68.2 Å². The highest BCUT2D eigenvalue weighted by molar-refractivity contribution is 6.37. The fourth-order valence-corrected chi connectivity index (χ4v) is 6.18. The number of hydrogen-bond acceptors (Lipinski definition) is 7. The molecule has 0 saturated carbocycles. The number of benzene rings is 4. The Morgan fingerprint density at radius 2 is 1.10 bits per heavy atom. The molecule has 246 valence electrons. The van der Waals surface area contributed by atoms with Gasteiger partial charge in [-0.25, -0.2) is 0 Å². The molecule has 0 fully saturated rings. The lowest BCUT2D eigenvalue weighted by molar-refractivity contribution is 0.0950. The molecule has 48 heavy (non-hydrogen) atoms. The van der Waals surface area contributed by atoms with Crippen molar-refractivity contribution in [1.82, 2.24) is 25.5 Å². The molecule has 0 atom stereocenters. The van der Waals surface area contributed by atoms with Crippen LogP contribution in [0.2, 0.25) is 10.0 Å². The first-order valence-electron chi connectivity index (χ1n) is 15.0. The normalized spacial score (nSPS) is 11.5. The van der Waals surface area contributed by atoms with Gasteiger partial charge in [-0.1, -0.05) is 23.2 Å². The van der Waals surface area contributed by atoms with E-state index in [4.69, 9.17) is 32.7 Å². The third-order valence-electron chi connectivity index (χ3n) is 8.27. The van der Waals surface area contributed by atoms with Gasteiger partial charge in [0.1, 0.15) is 11.5 Å². The monoisotopic (exact) mass is 687 g/mol. The minimum absolute atomic E-state index is 0.226. The van der Waals surface area contributed by atoms with Gasteiger partial charge in [0.2, 0.25) is 0 Å². The Morgan fingerprint density at radius 3 is 1.50 bits per heavy atom. The van der Waals surface area contributed by atoms with Crippen molar-refractivity contribution in [2.45, 2.75) is 0 Å². The third kappa shape index (κ3) is 6.15. The summed E-state index contributed by atoms with van der Waals surface area (Å²) in [4.78, 5) is 61.4. The van der Waals surface area contributed by atoms with Gasteiger partial charge >= 0.3 is 0 Å². The van der Waals surface area contributed by atoms with Crippen LogP contribution in [0.1, 0.15) is 20.7 Å². The molecule has 0 radical (unpaired) electrons. The molecule has 4 N–H and O–H groups in total. The van der Waals surface area contributed by atoms with Gasteiger partial charge in [-0.2, -0.15) is 0 Å². The van der Waals surface area contributed by atoms with E-state index in [0.29, 0.717) is 81.6 Å². The molecule has 2 heterocycles. The number of pyridine rings is 2. The Morgan fingerprint density at radius 1 is 0.688 bits per heavy atom. The maximum atomic E-state index is 13.3. The fourth-order valence-electron chi connectivity index (χ4n) is 5.69. The summed E-state index contributed by atoms with van der Waals surface area (Å²) in [5.41, 5.74) is 1.79. The molecule has 6 aromatic rings. The maximum absolute atomic E-state index is 13.3. The fraction of sp³-hybridized carbons (Fsp3) is 0.200. The standard InChI is InChI=1S/C35H31Cl2N5O6/c1-42(14-12-38-34(45)20-6-8-24(36)28-30(20)40-26-10-4-18(47-2)16-22(26)32(28)43)15-13-39-35(46)21-7-9-25(37)29-31(21)41-27-11-5-19(48-3)17-23(27)33(29)44/h4-11,16-17H,12-15H2,1-3H3,(H,38,45)(H,39,46)(H,40,43)(H,41,44). The number of nitrogens with zero attached hydrogens (tertiary/aromatic N) is 1. The average Bonchev–Trinajstić information content (AvgIpc) is 3.08. The summed E-state index contributed by atoms with van der Waals surface area (Å²) in [5.74, 6) is 0.338. The van der Waals surface area contributed by atoms with Crippen LogP contribution in [-0.4, -0.2) is 74.1 Å². The number of nitrogens with one attached hydrogen (secondary N) is 4. The first kappa shape index (κ1) is 32.8. The van der Waals surface area contributed by atoms with E-state index in [2.05, 4.69) is 20.6 Å². The Balaban J connectivity index is 1.09. The summed E-state index contributed by atoms with van der Waals surface area (Å²) in [5, 5.41) is 7.53. The van der Waals surface area contributed by atoms with E-state index < -0.39 is 0 Å². The lowest BCUT2D eigenvalue weighted by atomic mass is 10.1. The van der Waals surface area contributed by atoms with E-state index in [-0.39, 0.29) is 43.5 Å². The zero-order chi connectivity index (χ0) is 34.1. The minimum Gasteiger partial charge on any atom is -0.497 e. The van der Waals surface area contributed by atoms with Gasteiger partial charge in [0.15, 0.2) is 10.9 Å². The van der Waals surface area contributed by atoms with Crippen LogP contribution in [0, 0.1) is 0 Å². The molecule has 6 rings (SSSR count). The summed E-state index contributed by atoms with van der Waals surface area (Å²) in [7, 11) is 4.90. The number of fused-ring (bicyclic) bond motifs is 4. The van der Waals surface area contributed by atoms with Crippen molar-refractivity contribution >= 4 is 78.6 Å². The van der Waals surface area contributed by atoms with E-state index >= 15 is 0 Å². The Labute approximate surface area is 283 Å². The van der Waals surface area contributed by atoms with Gasteiger partial charge in [-0.05, 0) is 67.7 Å². The first-order chi connectivity index (χ1) is 23.1. The molecule has 13 heteroatoms. The first-order valence-corrected chi connectivity index (χ1v) is 15.8. The van der Waals surface area contributed by atoms with Crippen molar-refractivity contribution in [3.05, 3.63) is 102 Å². The highest BCUT2D eigenvalue weighted by Gasteiger charge is 2.19. The predicted molar refractivity (Wildman–Crippen MR) is 189 cm³/mol. The van der Waals surface area contributed by atoms with Crippen LogP contribution in [0.4, 0.5) is 0 Å². The molecule has 0 unspecified atom stereocenters. The largest absolute Gasteiger partial charge is 0.497 e. The molecule has 0 saturated heterocycles. The molecule has 0 bridgehead atoms. The lowest BCUT2D eigenvalue weighted by Gasteiger charge is -2.18. The number of carbonyl (C=O) groups excluding carboxylic acids is 2. The smallest absolute Gasteiger partial charge is 0.253 e. The molecule has 0 aliphatic carbocycles. The van der Waals surface area contributed by atoms with Gasteiger partial charge in [0, 0.05) is 37.0 Å². The van der Waals surface area contributed by atoms with E-state index in [1.165, 1.54) is 26.4 Å². The predicted octanol–water partition coefficient (Wildman–Crippen LogP) is 5.09. The molecular weight excluding hydrogens is 657 g/mol. The quantitative estimate of drug-likeness (QED) is 0.147. The van der Waals surface area contributed by atoms with Crippen molar-refractivity contribution in [2.24, 2.45) is 0 Å². The molecule has 2 amide bonds. The average molecular weight is 689 g/mol. The van der Waals surface area contributed by atoms with Crippen molar-refractivity contribution in [3.63, 3.8) is 0 Å². The van der Waals surface area contributed by atoms with Crippen LogP contribution in [-0.2, 0) is 0 Å². The molecular formula is C35H31Cl2N5O6. The maximum Gasteiger partial charge on any atom is 0.253 e. The highest BCUT2D eigenvalue weighted by Crippen LogP contribution is 2.28. The van der Waals surface area contributed by atoms with Gasteiger partial charge in [-0.15, -0.1) is 0 Å². The Kier molecular flexibility index (Phi) is 9.27. The zero-order valence-corrected chi connectivity index (χ0v) is 27.8. The van der Waals surface area contributed by atoms with Crippen LogP contribution in [0.15, 0.2) is 70.3 Å². The number of amides is 2. The number of likely N-dealkylation sites (N-methyl/N-ethyl adjacent to an activating group) is 1. The minimum atomic E-state index is -0.364.